The van der Waals surface area contributed by atoms with E-state index in [9.17, 15) is 14.7 Å². The highest BCUT2D eigenvalue weighted by atomic mass is 16.3. The summed E-state index contributed by atoms with van der Waals surface area (Å²) in [4.78, 5) is 26.1. The Morgan fingerprint density at radius 1 is 1.33 bits per heavy atom. The highest BCUT2D eigenvalue weighted by molar-refractivity contribution is 5.97. The quantitative estimate of drug-likeness (QED) is 0.875. The van der Waals surface area contributed by atoms with E-state index in [0.29, 0.717) is 31.5 Å². The standard InChI is InChI=1S/C16H22N2O3/c1-11-4-3-5-13(10-11)15(20)17-12(2)16(21)18-8-6-14(19)7-9-18/h3-5,10,12,14,19H,6-9H2,1-2H3,(H,17,20). The summed E-state index contributed by atoms with van der Waals surface area (Å²) in [6.07, 6.45) is 0.889. The van der Waals surface area contributed by atoms with Gasteiger partial charge in [-0.05, 0) is 38.8 Å². The first-order valence-electron chi connectivity index (χ1n) is 7.32. The van der Waals surface area contributed by atoms with Gasteiger partial charge in [-0.15, -0.1) is 0 Å². The zero-order valence-electron chi connectivity index (χ0n) is 12.5. The smallest absolute Gasteiger partial charge is 0.251 e. The Kier molecular flexibility index (Phi) is 4.96. The van der Waals surface area contributed by atoms with Crippen LogP contribution in [0.2, 0.25) is 0 Å². The molecule has 1 aliphatic heterocycles. The van der Waals surface area contributed by atoms with Crippen LogP contribution in [-0.4, -0.2) is 47.1 Å². The molecule has 1 unspecified atom stereocenters. The predicted octanol–water partition coefficient (Wildman–Crippen LogP) is 1.10. The number of amides is 2. The first-order chi connectivity index (χ1) is 9.97. The van der Waals surface area contributed by atoms with Crippen molar-refractivity contribution in [1.82, 2.24) is 10.2 Å². The van der Waals surface area contributed by atoms with Gasteiger partial charge in [-0.3, -0.25) is 9.59 Å². The van der Waals surface area contributed by atoms with Gasteiger partial charge in [0.25, 0.3) is 5.91 Å². The number of aryl methyl sites for hydroxylation is 1. The van der Waals surface area contributed by atoms with E-state index in [0.717, 1.165) is 5.56 Å². The van der Waals surface area contributed by atoms with E-state index in [4.69, 9.17) is 0 Å². The molecule has 1 saturated heterocycles. The third-order valence-electron chi connectivity index (χ3n) is 3.77. The van der Waals surface area contributed by atoms with Crippen molar-refractivity contribution in [2.45, 2.75) is 38.8 Å². The van der Waals surface area contributed by atoms with Crippen LogP contribution in [0.3, 0.4) is 0 Å². The van der Waals surface area contributed by atoms with Crippen LogP contribution >= 0.6 is 0 Å². The summed E-state index contributed by atoms with van der Waals surface area (Å²) in [6, 6.07) is 6.71. The lowest BCUT2D eigenvalue weighted by atomic mass is 10.1. The maximum absolute atomic E-state index is 12.3. The lowest BCUT2D eigenvalue weighted by molar-refractivity contribution is -0.134. The SMILES string of the molecule is Cc1cccc(C(=O)NC(C)C(=O)N2CCC(O)CC2)c1. The largest absolute Gasteiger partial charge is 0.393 e. The number of likely N-dealkylation sites (tertiary alicyclic amines) is 1. The van der Waals surface area contributed by atoms with E-state index < -0.39 is 6.04 Å². The number of piperidine rings is 1. The van der Waals surface area contributed by atoms with Gasteiger partial charge in [0.15, 0.2) is 0 Å². The highest BCUT2D eigenvalue weighted by Gasteiger charge is 2.26. The van der Waals surface area contributed by atoms with E-state index in [1.54, 1.807) is 24.0 Å². The van der Waals surface area contributed by atoms with Gasteiger partial charge in [0, 0.05) is 18.7 Å². The van der Waals surface area contributed by atoms with Gasteiger partial charge in [0.05, 0.1) is 6.10 Å². The Hall–Kier alpha value is -1.88. The predicted molar refractivity (Wildman–Crippen MR) is 79.9 cm³/mol. The number of carbonyl (C=O) groups excluding carboxylic acids is 2. The second-order valence-corrected chi connectivity index (χ2v) is 5.62. The second kappa shape index (κ2) is 6.72. The molecule has 1 heterocycles. The van der Waals surface area contributed by atoms with Crippen molar-refractivity contribution in [2.75, 3.05) is 13.1 Å². The molecular weight excluding hydrogens is 268 g/mol. The number of nitrogens with zero attached hydrogens (tertiary/aromatic N) is 1. The minimum Gasteiger partial charge on any atom is -0.393 e. The summed E-state index contributed by atoms with van der Waals surface area (Å²) in [6.45, 7) is 4.71. The zero-order valence-corrected chi connectivity index (χ0v) is 12.5. The zero-order chi connectivity index (χ0) is 15.4. The number of rotatable bonds is 3. The van der Waals surface area contributed by atoms with E-state index >= 15 is 0 Å². The number of aliphatic hydroxyl groups is 1. The van der Waals surface area contributed by atoms with Crippen molar-refractivity contribution in [3.05, 3.63) is 35.4 Å². The molecule has 2 amide bonds. The van der Waals surface area contributed by atoms with Crippen molar-refractivity contribution < 1.29 is 14.7 Å². The van der Waals surface area contributed by atoms with Gasteiger partial charge in [-0.25, -0.2) is 0 Å². The normalized spacial score (nSPS) is 17.4. The Bertz CT molecular complexity index is 522. The van der Waals surface area contributed by atoms with Crippen LogP contribution in [-0.2, 0) is 4.79 Å². The number of benzene rings is 1. The van der Waals surface area contributed by atoms with Gasteiger partial charge in [-0.1, -0.05) is 17.7 Å². The van der Waals surface area contributed by atoms with Crippen LogP contribution in [0.5, 0.6) is 0 Å². The van der Waals surface area contributed by atoms with Crippen LogP contribution in [0.1, 0.15) is 35.7 Å². The van der Waals surface area contributed by atoms with Crippen molar-refractivity contribution in [1.29, 1.82) is 0 Å². The van der Waals surface area contributed by atoms with Crippen molar-refractivity contribution in [3.8, 4) is 0 Å². The minimum atomic E-state index is -0.562. The van der Waals surface area contributed by atoms with Gasteiger partial charge in [0.1, 0.15) is 6.04 Å². The summed E-state index contributed by atoms with van der Waals surface area (Å²) in [5.41, 5.74) is 1.57. The fourth-order valence-corrected chi connectivity index (χ4v) is 2.49. The molecule has 5 heteroatoms. The molecule has 1 aromatic carbocycles. The number of hydrogen-bond donors (Lipinski definition) is 2. The molecular formula is C16H22N2O3. The van der Waals surface area contributed by atoms with Crippen LogP contribution in [0.4, 0.5) is 0 Å². The van der Waals surface area contributed by atoms with Gasteiger partial charge >= 0.3 is 0 Å². The topological polar surface area (TPSA) is 69.6 Å². The summed E-state index contributed by atoms with van der Waals surface area (Å²) >= 11 is 0. The molecule has 21 heavy (non-hydrogen) atoms. The minimum absolute atomic E-state index is 0.0945. The molecule has 1 atom stereocenters. The Labute approximate surface area is 125 Å². The molecule has 1 aliphatic rings. The van der Waals surface area contributed by atoms with E-state index in [2.05, 4.69) is 5.32 Å². The summed E-state index contributed by atoms with van der Waals surface area (Å²) in [7, 11) is 0. The van der Waals surface area contributed by atoms with E-state index in [1.807, 2.05) is 19.1 Å². The van der Waals surface area contributed by atoms with Gasteiger partial charge in [0.2, 0.25) is 5.91 Å². The number of hydrogen-bond acceptors (Lipinski definition) is 3. The Balaban J connectivity index is 1.93. The van der Waals surface area contributed by atoms with Crippen LogP contribution in [0.15, 0.2) is 24.3 Å². The van der Waals surface area contributed by atoms with Crippen LogP contribution < -0.4 is 5.32 Å². The van der Waals surface area contributed by atoms with Gasteiger partial charge in [-0.2, -0.15) is 0 Å². The molecule has 0 spiro atoms. The lowest BCUT2D eigenvalue weighted by Gasteiger charge is -2.31. The average molecular weight is 290 g/mol. The Morgan fingerprint density at radius 2 is 2.00 bits per heavy atom. The van der Waals surface area contributed by atoms with Crippen LogP contribution in [0, 0.1) is 6.92 Å². The lowest BCUT2D eigenvalue weighted by Crippen LogP contribution is -2.50. The number of carbonyl (C=O) groups is 2. The molecule has 0 bridgehead atoms. The first-order valence-corrected chi connectivity index (χ1v) is 7.32. The average Bonchev–Trinajstić information content (AvgIpc) is 2.47. The summed E-state index contributed by atoms with van der Waals surface area (Å²) in [5, 5.41) is 12.2. The van der Waals surface area contributed by atoms with Gasteiger partial charge < -0.3 is 15.3 Å². The maximum Gasteiger partial charge on any atom is 0.251 e. The molecule has 1 fully saturated rings. The molecule has 0 aromatic heterocycles. The number of nitrogens with one attached hydrogen (secondary N) is 1. The van der Waals surface area contributed by atoms with E-state index in [1.165, 1.54) is 0 Å². The third-order valence-corrected chi connectivity index (χ3v) is 3.77. The summed E-state index contributed by atoms with van der Waals surface area (Å²) in [5.74, 6) is -0.334. The summed E-state index contributed by atoms with van der Waals surface area (Å²) < 4.78 is 0. The molecule has 5 nitrogen and oxygen atoms in total. The molecule has 0 aliphatic carbocycles. The highest BCUT2D eigenvalue weighted by Crippen LogP contribution is 2.11. The maximum atomic E-state index is 12.3. The molecule has 2 N–H and O–H groups in total. The fraction of sp³-hybridized carbons (Fsp3) is 0.500. The van der Waals surface area contributed by atoms with Crippen molar-refractivity contribution in [3.63, 3.8) is 0 Å². The fourth-order valence-electron chi connectivity index (χ4n) is 2.49. The first kappa shape index (κ1) is 15.5. The van der Waals surface area contributed by atoms with Crippen molar-refractivity contribution >= 4 is 11.8 Å². The number of aliphatic hydroxyl groups excluding tert-OH is 1. The molecule has 114 valence electrons. The Morgan fingerprint density at radius 3 is 2.62 bits per heavy atom. The van der Waals surface area contributed by atoms with Crippen LogP contribution in [0.25, 0.3) is 0 Å². The molecule has 0 saturated carbocycles. The van der Waals surface area contributed by atoms with Crippen molar-refractivity contribution in [2.24, 2.45) is 0 Å². The molecule has 2 rings (SSSR count). The molecule has 1 aromatic rings. The van der Waals surface area contributed by atoms with E-state index in [-0.39, 0.29) is 17.9 Å². The third kappa shape index (κ3) is 4.04. The monoisotopic (exact) mass is 290 g/mol. The molecule has 0 radical (unpaired) electrons. The second-order valence-electron chi connectivity index (χ2n) is 5.62.